The summed E-state index contributed by atoms with van der Waals surface area (Å²) >= 11 is 0. The molecule has 3 fully saturated rings. The van der Waals surface area contributed by atoms with Gasteiger partial charge in [-0.05, 0) is 31.4 Å². The van der Waals surface area contributed by atoms with Gasteiger partial charge in [-0.15, -0.1) is 0 Å². The predicted octanol–water partition coefficient (Wildman–Crippen LogP) is 1.54. The van der Waals surface area contributed by atoms with Crippen LogP contribution in [0.1, 0.15) is 26.2 Å². The van der Waals surface area contributed by atoms with E-state index >= 15 is 0 Å². The maximum atomic E-state index is 11.1. The van der Waals surface area contributed by atoms with Crippen LogP contribution in [0, 0.1) is 11.8 Å². The van der Waals surface area contributed by atoms with E-state index in [1.54, 1.807) is 20.2 Å². The molecule has 2 unspecified atom stereocenters. The van der Waals surface area contributed by atoms with E-state index in [4.69, 9.17) is 19.9 Å². The van der Waals surface area contributed by atoms with Gasteiger partial charge in [0.25, 0.3) is 5.91 Å². The van der Waals surface area contributed by atoms with Gasteiger partial charge in [-0.1, -0.05) is 13.0 Å². The van der Waals surface area contributed by atoms with Crippen molar-refractivity contribution in [2.75, 3.05) is 46.6 Å². The molecule has 2 heterocycles. The summed E-state index contributed by atoms with van der Waals surface area (Å²) < 4.78 is 17.6. The van der Waals surface area contributed by atoms with Crippen LogP contribution in [0.15, 0.2) is 29.4 Å². The summed E-state index contributed by atoms with van der Waals surface area (Å²) in [4.78, 5) is 17.8. The fourth-order valence-corrected chi connectivity index (χ4v) is 5.03. The van der Waals surface area contributed by atoms with Crippen molar-refractivity contribution in [3.8, 4) is 0 Å². The quantitative estimate of drug-likeness (QED) is 0.525. The average Bonchev–Trinajstić information content (AvgIpc) is 2.67. The third-order valence-electron chi connectivity index (χ3n) is 6.36. The summed E-state index contributed by atoms with van der Waals surface area (Å²) in [6, 6.07) is 0. The summed E-state index contributed by atoms with van der Waals surface area (Å²) in [7, 11) is 1.79. The summed E-state index contributed by atoms with van der Waals surface area (Å²) in [5.74, 6) is 0.219. The fraction of sp³-hybridized carbons (Fsp3) is 0.714. The van der Waals surface area contributed by atoms with Crippen LogP contribution >= 0.6 is 0 Å². The number of amides is 1. The molecule has 1 saturated carbocycles. The number of piperidine rings is 1. The Morgan fingerprint density at radius 3 is 2.64 bits per heavy atom. The van der Waals surface area contributed by atoms with Crippen molar-refractivity contribution in [2.45, 2.75) is 37.9 Å². The van der Waals surface area contributed by atoms with E-state index in [1.807, 2.05) is 6.08 Å². The van der Waals surface area contributed by atoms with Gasteiger partial charge in [0.05, 0.1) is 25.9 Å². The minimum atomic E-state index is -0.518. The standard InChI is InChI=1S/C21H33N3O4/c1-15(7-8-23-16(2)20(22)25)21(26-3)17-5-4-6-18(21)12-24(11-17)13-19-14-27-9-10-28-19/h7-8,17-19H,1,4-6,9-14H2,2-3H3,(H2,22,25)/b8-7-,23-16+/t17?,18?,19-,21?/m1/s1. The number of methoxy groups -OCH3 is 1. The third kappa shape index (κ3) is 4.38. The normalized spacial score (nSPS) is 34.5. The van der Waals surface area contributed by atoms with E-state index in [0.717, 1.165) is 38.0 Å². The van der Waals surface area contributed by atoms with Gasteiger partial charge < -0.3 is 19.9 Å². The molecular weight excluding hydrogens is 358 g/mol. The lowest BCUT2D eigenvalue weighted by atomic mass is 9.62. The Balaban J connectivity index is 1.72. The van der Waals surface area contributed by atoms with Crippen molar-refractivity contribution < 1.29 is 19.0 Å². The number of fused-ring (bicyclic) bond motifs is 2. The van der Waals surface area contributed by atoms with Gasteiger partial charge in [-0.25, -0.2) is 0 Å². The number of nitrogens with zero attached hydrogens (tertiary/aromatic N) is 2. The lowest BCUT2D eigenvalue weighted by Crippen LogP contribution is -2.62. The second kappa shape index (κ2) is 9.31. The lowest BCUT2D eigenvalue weighted by Gasteiger charge is -2.56. The first-order chi connectivity index (χ1) is 13.5. The van der Waals surface area contributed by atoms with Gasteiger partial charge in [-0.3, -0.25) is 14.7 Å². The van der Waals surface area contributed by atoms with Gasteiger partial charge in [0.2, 0.25) is 0 Å². The zero-order valence-electron chi connectivity index (χ0n) is 17.1. The van der Waals surface area contributed by atoms with Gasteiger partial charge in [-0.2, -0.15) is 0 Å². The maximum Gasteiger partial charge on any atom is 0.262 e. The van der Waals surface area contributed by atoms with Crippen LogP contribution in [-0.2, 0) is 19.0 Å². The van der Waals surface area contributed by atoms with Crippen LogP contribution in [0.5, 0.6) is 0 Å². The van der Waals surface area contributed by atoms with Crippen molar-refractivity contribution in [3.63, 3.8) is 0 Å². The monoisotopic (exact) mass is 391 g/mol. The largest absolute Gasteiger partial charge is 0.376 e. The second-order valence-electron chi connectivity index (χ2n) is 8.03. The third-order valence-corrected chi connectivity index (χ3v) is 6.36. The van der Waals surface area contributed by atoms with Gasteiger partial charge in [0.1, 0.15) is 11.3 Å². The molecule has 0 spiro atoms. The SMILES string of the molecule is C=C(/C=C\N=C(/C)C(N)=O)C1(OC)C2CCCC1CN(C[C@@H]1COCCO1)C2. The molecule has 2 N–H and O–H groups in total. The summed E-state index contributed by atoms with van der Waals surface area (Å²) in [5.41, 5.74) is 6.05. The number of rotatable bonds is 7. The van der Waals surface area contributed by atoms with Crippen molar-refractivity contribution in [1.82, 2.24) is 4.90 Å². The van der Waals surface area contributed by atoms with Crippen molar-refractivity contribution in [2.24, 2.45) is 22.6 Å². The second-order valence-corrected chi connectivity index (χ2v) is 8.03. The Kier molecular flexibility index (Phi) is 7.04. The van der Waals surface area contributed by atoms with Crippen LogP contribution in [0.4, 0.5) is 0 Å². The number of carbonyl (C=O) groups is 1. The van der Waals surface area contributed by atoms with Crippen LogP contribution < -0.4 is 5.73 Å². The molecule has 2 bridgehead atoms. The minimum absolute atomic E-state index is 0.152. The molecule has 28 heavy (non-hydrogen) atoms. The molecule has 3 rings (SSSR count). The van der Waals surface area contributed by atoms with Crippen molar-refractivity contribution in [1.29, 1.82) is 0 Å². The highest BCUT2D eigenvalue weighted by atomic mass is 16.6. The Morgan fingerprint density at radius 1 is 1.36 bits per heavy atom. The fourth-order valence-electron chi connectivity index (χ4n) is 5.03. The molecule has 1 amide bonds. The lowest BCUT2D eigenvalue weighted by molar-refractivity contribution is -0.149. The molecule has 0 aromatic carbocycles. The molecule has 0 radical (unpaired) electrons. The van der Waals surface area contributed by atoms with Crippen LogP contribution in [0.3, 0.4) is 0 Å². The smallest absolute Gasteiger partial charge is 0.262 e. The molecule has 7 heteroatoms. The molecule has 7 nitrogen and oxygen atoms in total. The van der Waals surface area contributed by atoms with E-state index < -0.39 is 5.91 Å². The van der Waals surface area contributed by atoms with Crippen LogP contribution in [0.25, 0.3) is 0 Å². The molecule has 3 aliphatic rings. The highest BCUT2D eigenvalue weighted by Gasteiger charge is 2.53. The molecule has 2 saturated heterocycles. The number of hydrogen-bond acceptors (Lipinski definition) is 6. The number of aliphatic imine (C=N–C) groups is 1. The Bertz CT molecular complexity index is 626. The Labute approximate surface area is 167 Å². The first-order valence-corrected chi connectivity index (χ1v) is 10.1. The first kappa shape index (κ1) is 21.2. The van der Waals surface area contributed by atoms with Crippen molar-refractivity contribution >= 4 is 11.6 Å². The zero-order valence-corrected chi connectivity index (χ0v) is 17.1. The Hall–Kier alpha value is -1.54. The average molecular weight is 392 g/mol. The zero-order chi connectivity index (χ0) is 20.1. The Morgan fingerprint density at radius 2 is 2.07 bits per heavy atom. The number of carbonyl (C=O) groups excluding carboxylic acids is 1. The molecule has 3 atom stereocenters. The molecule has 0 aromatic heterocycles. The van der Waals surface area contributed by atoms with Crippen LogP contribution in [-0.4, -0.2) is 74.8 Å². The molecule has 156 valence electrons. The number of primary amides is 1. The van der Waals surface area contributed by atoms with Crippen LogP contribution in [0.2, 0.25) is 0 Å². The summed E-state index contributed by atoms with van der Waals surface area (Å²) in [6.45, 7) is 10.8. The highest BCUT2D eigenvalue weighted by molar-refractivity contribution is 6.37. The minimum Gasteiger partial charge on any atom is -0.376 e. The number of ether oxygens (including phenoxy) is 3. The van der Waals surface area contributed by atoms with Gasteiger partial charge >= 0.3 is 0 Å². The van der Waals surface area contributed by atoms with E-state index in [2.05, 4.69) is 16.5 Å². The summed E-state index contributed by atoms with van der Waals surface area (Å²) in [5, 5.41) is 0. The molecule has 0 aromatic rings. The molecular formula is C21H33N3O4. The van der Waals surface area contributed by atoms with E-state index in [0.29, 0.717) is 31.7 Å². The van der Waals surface area contributed by atoms with Gasteiger partial charge in [0, 0.05) is 44.8 Å². The number of hydrogen-bond donors (Lipinski definition) is 1. The van der Waals surface area contributed by atoms with E-state index in [1.165, 1.54) is 6.42 Å². The van der Waals surface area contributed by atoms with Gasteiger partial charge in [0.15, 0.2) is 0 Å². The highest BCUT2D eigenvalue weighted by Crippen LogP contribution is 2.49. The molecule has 1 aliphatic carbocycles. The van der Waals surface area contributed by atoms with E-state index in [-0.39, 0.29) is 17.4 Å². The number of likely N-dealkylation sites (tertiary alicyclic amines) is 1. The van der Waals surface area contributed by atoms with Crippen molar-refractivity contribution in [3.05, 3.63) is 24.4 Å². The first-order valence-electron chi connectivity index (χ1n) is 10.1. The molecule has 2 aliphatic heterocycles. The van der Waals surface area contributed by atoms with E-state index in [9.17, 15) is 4.79 Å². The topological polar surface area (TPSA) is 86.4 Å². The predicted molar refractivity (Wildman–Crippen MR) is 108 cm³/mol. The summed E-state index contributed by atoms with van der Waals surface area (Å²) in [6.07, 6.45) is 7.07. The number of nitrogens with two attached hydrogens (primary N) is 1. The maximum absolute atomic E-state index is 11.1.